The molecule has 0 saturated carbocycles. The number of Topliss-reactive ketones (excluding diaryl/α,β-unsaturated/α-hetero) is 1. The van der Waals surface area contributed by atoms with Gasteiger partial charge in [0.15, 0.2) is 5.78 Å². The van der Waals surface area contributed by atoms with Crippen molar-refractivity contribution in [3.05, 3.63) is 71.8 Å². The summed E-state index contributed by atoms with van der Waals surface area (Å²) in [5.41, 5.74) is 2.03. The zero-order chi connectivity index (χ0) is 22.9. The van der Waals surface area contributed by atoms with Crippen LogP contribution in [0.25, 0.3) is 0 Å². The van der Waals surface area contributed by atoms with Gasteiger partial charge in [-0.05, 0) is 50.7 Å². The second kappa shape index (κ2) is 11.6. The quantitative estimate of drug-likeness (QED) is 0.579. The number of likely N-dealkylation sites (tertiary alicyclic amines) is 1. The molecule has 6 nitrogen and oxygen atoms in total. The lowest BCUT2D eigenvalue weighted by atomic mass is 10.0. The molecule has 1 fully saturated rings. The molecule has 170 valence electrons. The van der Waals surface area contributed by atoms with Crippen LogP contribution in [0.15, 0.2) is 60.7 Å². The van der Waals surface area contributed by atoms with Crippen LogP contribution in [0.1, 0.15) is 44.2 Å². The van der Waals surface area contributed by atoms with Gasteiger partial charge in [-0.25, -0.2) is 0 Å². The van der Waals surface area contributed by atoms with Gasteiger partial charge in [-0.3, -0.25) is 19.7 Å². The number of rotatable bonds is 10. The number of carbonyl (C=O) groups is 3. The maximum atomic E-state index is 13.0. The van der Waals surface area contributed by atoms with Crippen molar-refractivity contribution in [2.45, 2.75) is 64.3 Å². The van der Waals surface area contributed by atoms with Crippen LogP contribution >= 0.6 is 0 Å². The highest BCUT2D eigenvalue weighted by atomic mass is 16.5. The van der Waals surface area contributed by atoms with Gasteiger partial charge < -0.3 is 9.64 Å². The largest absolute Gasteiger partial charge is 0.460 e. The first kappa shape index (κ1) is 23.7. The molecular formula is C26H32N2O4. The Hall–Kier alpha value is -2.99. The van der Waals surface area contributed by atoms with E-state index in [9.17, 15) is 14.4 Å². The average molecular weight is 437 g/mol. The number of nitrogens with zero attached hydrogens (tertiary/aromatic N) is 1. The van der Waals surface area contributed by atoms with Crippen molar-refractivity contribution in [3.8, 4) is 0 Å². The maximum Gasteiger partial charge on any atom is 0.323 e. The minimum Gasteiger partial charge on any atom is -0.460 e. The van der Waals surface area contributed by atoms with Crippen molar-refractivity contribution in [3.63, 3.8) is 0 Å². The Morgan fingerprint density at radius 1 is 1.03 bits per heavy atom. The van der Waals surface area contributed by atoms with Crippen LogP contribution in [0.5, 0.6) is 0 Å². The minimum atomic E-state index is -0.628. The molecule has 3 atom stereocenters. The summed E-state index contributed by atoms with van der Waals surface area (Å²) in [7, 11) is 0. The zero-order valence-corrected chi connectivity index (χ0v) is 18.8. The molecule has 1 N–H and O–H groups in total. The van der Waals surface area contributed by atoms with Crippen LogP contribution < -0.4 is 5.32 Å². The minimum absolute atomic E-state index is 0.00551. The van der Waals surface area contributed by atoms with E-state index in [4.69, 9.17) is 4.74 Å². The molecule has 0 radical (unpaired) electrons. The third-order valence-electron chi connectivity index (χ3n) is 5.90. The predicted molar refractivity (Wildman–Crippen MR) is 123 cm³/mol. The van der Waals surface area contributed by atoms with Gasteiger partial charge >= 0.3 is 5.97 Å². The van der Waals surface area contributed by atoms with E-state index in [0.717, 1.165) is 17.5 Å². The Labute approximate surface area is 189 Å². The second-order valence-electron chi connectivity index (χ2n) is 8.36. The van der Waals surface area contributed by atoms with E-state index >= 15 is 0 Å². The lowest BCUT2D eigenvalue weighted by Gasteiger charge is -2.28. The predicted octanol–water partition coefficient (Wildman–Crippen LogP) is 3.29. The molecule has 0 aliphatic carbocycles. The second-order valence-corrected chi connectivity index (χ2v) is 8.36. The van der Waals surface area contributed by atoms with Crippen molar-refractivity contribution in [2.24, 2.45) is 0 Å². The molecule has 0 aromatic heterocycles. The van der Waals surface area contributed by atoms with Gasteiger partial charge in [-0.1, -0.05) is 60.7 Å². The lowest BCUT2D eigenvalue weighted by molar-refractivity contribution is -0.148. The molecule has 1 aliphatic rings. The summed E-state index contributed by atoms with van der Waals surface area (Å²) in [6.07, 6.45) is 2.70. The summed E-state index contributed by atoms with van der Waals surface area (Å²) in [6.45, 7) is 4.03. The molecule has 0 bridgehead atoms. The van der Waals surface area contributed by atoms with Crippen molar-refractivity contribution >= 4 is 17.7 Å². The first-order valence-corrected chi connectivity index (χ1v) is 11.3. The Balaban J connectivity index is 1.65. The van der Waals surface area contributed by atoms with E-state index in [0.29, 0.717) is 25.8 Å². The average Bonchev–Trinajstić information content (AvgIpc) is 3.31. The highest BCUT2D eigenvalue weighted by Gasteiger charge is 2.35. The highest BCUT2D eigenvalue weighted by molar-refractivity contribution is 5.90. The van der Waals surface area contributed by atoms with Gasteiger partial charge in [-0.15, -0.1) is 0 Å². The van der Waals surface area contributed by atoms with Gasteiger partial charge in [0, 0.05) is 6.54 Å². The topological polar surface area (TPSA) is 75.7 Å². The van der Waals surface area contributed by atoms with Gasteiger partial charge in [0.05, 0.1) is 12.1 Å². The maximum absolute atomic E-state index is 13.0. The van der Waals surface area contributed by atoms with Gasteiger partial charge in [0.2, 0.25) is 5.91 Å². The molecule has 3 rings (SSSR count). The molecule has 32 heavy (non-hydrogen) atoms. The number of hydrogen-bond acceptors (Lipinski definition) is 5. The number of aryl methyl sites for hydroxylation is 1. The van der Waals surface area contributed by atoms with Crippen LogP contribution in [0.4, 0.5) is 0 Å². The Morgan fingerprint density at radius 3 is 2.28 bits per heavy atom. The SMILES string of the molecule is CC(=O)[C@@H]1CCCN1C(=O)[C@H](C)N[C@@H](CCc1ccccc1)C(=O)OCc1ccccc1. The third-order valence-corrected chi connectivity index (χ3v) is 5.90. The summed E-state index contributed by atoms with van der Waals surface area (Å²) >= 11 is 0. The van der Waals surface area contributed by atoms with E-state index < -0.39 is 12.1 Å². The molecule has 0 unspecified atom stereocenters. The number of carbonyl (C=O) groups excluding carboxylic acids is 3. The molecule has 1 amide bonds. The molecule has 1 aliphatic heterocycles. The van der Waals surface area contributed by atoms with Crippen LogP contribution in [0, 0.1) is 0 Å². The number of ketones is 1. The fourth-order valence-electron chi connectivity index (χ4n) is 4.13. The van der Waals surface area contributed by atoms with Crippen LogP contribution in [0.2, 0.25) is 0 Å². The molecule has 2 aromatic rings. The highest BCUT2D eigenvalue weighted by Crippen LogP contribution is 2.19. The number of ether oxygens (including phenoxy) is 1. The summed E-state index contributed by atoms with van der Waals surface area (Å²) in [5, 5.41) is 3.18. The van der Waals surface area contributed by atoms with Crippen LogP contribution in [0.3, 0.4) is 0 Å². The van der Waals surface area contributed by atoms with Gasteiger partial charge in [0.1, 0.15) is 12.6 Å². The van der Waals surface area contributed by atoms with Crippen molar-refractivity contribution in [1.82, 2.24) is 10.2 Å². The van der Waals surface area contributed by atoms with Crippen molar-refractivity contribution in [2.75, 3.05) is 6.54 Å². The molecule has 0 spiro atoms. The van der Waals surface area contributed by atoms with E-state index in [1.807, 2.05) is 60.7 Å². The number of benzene rings is 2. The fourth-order valence-corrected chi connectivity index (χ4v) is 4.13. The van der Waals surface area contributed by atoms with E-state index in [1.165, 1.54) is 6.92 Å². The molecular weight excluding hydrogens is 404 g/mol. The molecule has 1 saturated heterocycles. The summed E-state index contributed by atoms with van der Waals surface area (Å²) in [6, 6.07) is 17.8. The van der Waals surface area contributed by atoms with Crippen LogP contribution in [-0.4, -0.2) is 47.2 Å². The van der Waals surface area contributed by atoms with Crippen LogP contribution in [-0.2, 0) is 32.1 Å². The number of nitrogens with one attached hydrogen (secondary N) is 1. The standard InChI is InChI=1S/C26H32N2O4/c1-19(25(30)28-17-9-14-24(28)20(2)29)27-23(16-15-21-10-5-3-6-11-21)26(31)32-18-22-12-7-4-8-13-22/h3-8,10-13,19,23-24,27H,9,14-18H2,1-2H3/t19-,23-,24-/m0/s1. The molecule has 6 heteroatoms. The lowest BCUT2D eigenvalue weighted by Crippen LogP contribution is -2.53. The Morgan fingerprint density at radius 2 is 1.66 bits per heavy atom. The monoisotopic (exact) mass is 436 g/mol. The first-order chi connectivity index (χ1) is 15.5. The smallest absolute Gasteiger partial charge is 0.323 e. The summed E-state index contributed by atoms with van der Waals surface area (Å²) in [4.78, 5) is 39.5. The number of esters is 1. The van der Waals surface area contributed by atoms with E-state index in [2.05, 4.69) is 5.32 Å². The Kier molecular flexibility index (Phi) is 8.56. The number of hydrogen-bond donors (Lipinski definition) is 1. The molecule has 2 aromatic carbocycles. The summed E-state index contributed by atoms with van der Waals surface area (Å²) < 4.78 is 5.56. The third kappa shape index (κ3) is 6.50. The number of amides is 1. The van der Waals surface area contributed by atoms with Crippen molar-refractivity contribution in [1.29, 1.82) is 0 Å². The van der Waals surface area contributed by atoms with E-state index in [1.54, 1.807) is 11.8 Å². The first-order valence-electron chi connectivity index (χ1n) is 11.3. The Bertz CT molecular complexity index is 901. The van der Waals surface area contributed by atoms with Crippen molar-refractivity contribution < 1.29 is 19.1 Å². The van der Waals surface area contributed by atoms with Gasteiger partial charge in [-0.2, -0.15) is 0 Å². The van der Waals surface area contributed by atoms with E-state index in [-0.39, 0.29) is 30.3 Å². The zero-order valence-electron chi connectivity index (χ0n) is 18.8. The normalized spacial score (nSPS) is 17.6. The fraction of sp³-hybridized carbons (Fsp3) is 0.423. The van der Waals surface area contributed by atoms with Gasteiger partial charge in [0.25, 0.3) is 0 Å². The summed E-state index contributed by atoms with van der Waals surface area (Å²) in [5.74, 6) is -0.525. The molecule has 1 heterocycles.